The van der Waals surface area contributed by atoms with Gasteiger partial charge in [-0.15, -0.1) is 0 Å². The van der Waals surface area contributed by atoms with Crippen molar-refractivity contribution in [3.05, 3.63) is 34.0 Å². The highest BCUT2D eigenvalue weighted by atomic mass is 35.5. The Kier molecular flexibility index (Phi) is 3.00. The molecule has 2 heterocycles. The molecule has 0 amide bonds. The van der Waals surface area contributed by atoms with Gasteiger partial charge in [-0.2, -0.15) is 34.1 Å². The quantitative estimate of drug-likeness (QED) is 0.708. The van der Waals surface area contributed by atoms with E-state index >= 15 is 0 Å². The Morgan fingerprint density at radius 2 is 1.36 bits per heavy atom. The molecule has 0 aliphatic heterocycles. The van der Waals surface area contributed by atoms with Gasteiger partial charge in [0, 0.05) is 9.75 Å². The third-order valence-corrected chi connectivity index (χ3v) is 4.88. The maximum Gasteiger partial charge on any atom is 0.335 e. The zero-order valence-corrected chi connectivity index (χ0v) is 10.5. The molecule has 2 aromatic rings. The van der Waals surface area contributed by atoms with Crippen LogP contribution in [0.3, 0.4) is 0 Å². The average molecular weight is 241 g/mol. The fourth-order valence-corrected chi connectivity index (χ4v) is 3.56. The summed E-state index contributed by atoms with van der Waals surface area (Å²) in [6.07, 6.45) is 0.0346. The Morgan fingerprint density at radius 3 is 1.64 bits per heavy atom. The van der Waals surface area contributed by atoms with Crippen molar-refractivity contribution in [1.29, 1.82) is 0 Å². The zero-order chi connectivity index (χ0) is 10.1. The Morgan fingerprint density at radius 1 is 0.929 bits per heavy atom. The van der Waals surface area contributed by atoms with Crippen LogP contribution in [0.15, 0.2) is 24.3 Å². The van der Waals surface area contributed by atoms with Crippen molar-refractivity contribution in [2.24, 2.45) is 0 Å². The summed E-state index contributed by atoms with van der Waals surface area (Å²) in [6, 6.07) is 8.48. The predicted octanol–water partition coefficient (Wildman–Crippen LogP) is 2.77. The highest BCUT2D eigenvalue weighted by Crippen LogP contribution is 2.11. The van der Waals surface area contributed by atoms with E-state index in [1.807, 2.05) is 0 Å². The van der Waals surface area contributed by atoms with Crippen LogP contribution in [0.25, 0.3) is 0 Å². The first-order chi connectivity index (χ1) is 6.66. The fourth-order valence-electron chi connectivity index (χ4n) is 1.32. The van der Waals surface area contributed by atoms with Crippen LogP contribution in [0.1, 0.15) is 9.75 Å². The van der Waals surface area contributed by atoms with Crippen LogP contribution in [0.5, 0.6) is 0 Å². The SMILES string of the molecule is Cc1ccc(B(Cl)c2ccc(C)s2)s1. The molecule has 14 heavy (non-hydrogen) atoms. The van der Waals surface area contributed by atoms with Crippen molar-refractivity contribution in [2.75, 3.05) is 0 Å². The Balaban J connectivity index is 2.28. The number of hydrogen-bond donors (Lipinski definition) is 0. The maximum atomic E-state index is 6.38. The molecule has 0 aliphatic rings. The van der Waals surface area contributed by atoms with Gasteiger partial charge in [0.2, 0.25) is 0 Å². The monoisotopic (exact) mass is 240 g/mol. The molecule has 0 N–H and O–H groups in total. The summed E-state index contributed by atoms with van der Waals surface area (Å²) in [7, 11) is 0. The first kappa shape index (κ1) is 10.3. The summed E-state index contributed by atoms with van der Waals surface area (Å²) in [6.45, 7) is 4.22. The van der Waals surface area contributed by atoms with Gasteiger partial charge >= 0.3 is 6.13 Å². The first-order valence-electron chi connectivity index (χ1n) is 4.43. The Bertz CT molecular complexity index is 393. The van der Waals surface area contributed by atoms with Crippen molar-refractivity contribution in [3.63, 3.8) is 0 Å². The molecule has 0 bridgehead atoms. The van der Waals surface area contributed by atoms with E-state index in [1.165, 1.54) is 19.3 Å². The van der Waals surface area contributed by atoms with Crippen LogP contribution in [0.4, 0.5) is 0 Å². The van der Waals surface area contributed by atoms with E-state index in [-0.39, 0.29) is 6.13 Å². The van der Waals surface area contributed by atoms with E-state index < -0.39 is 0 Å². The number of rotatable bonds is 2. The van der Waals surface area contributed by atoms with E-state index in [2.05, 4.69) is 38.1 Å². The van der Waals surface area contributed by atoms with Gasteiger partial charge in [-0.1, -0.05) is 12.1 Å². The summed E-state index contributed by atoms with van der Waals surface area (Å²) < 4.78 is 2.48. The molecule has 72 valence electrons. The normalized spacial score (nSPS) is 10.5. The van der Waals surface area contributed by atoms with Crippen LogP contribution in [0.2, 0.25) is 0 Å². The second-order valence-corrected chi connectivity index (χ2v) is 6.33. The fraction of sp³-hybridized carbons (Fsp3) is 0.200. The van der Waals surface area contributed by atoms with Crippen molar-refractivity contribution >= 4 is 49.8 Å². The van der Waals surface area contributed by atoms with E-state index in [4.69, 9.17) is 11.5 Å². The van der Waals surface area contributed by atoms with Crippen molar-refractivity contribution in [1.82, 2.24) is 0 Å². The second kappa shape index (κ2) is 4.09. The Hall–Kier alpha value is -0.245. The highest BCUT2D eigenvalue weighted by molar-refractivity contribution is 7.42. The topological polar surface area (TPSA) is 0 Å². The maximum absolute atomic E-state index is 6.38. The minimum Gasteiger partial charge on any atom is -0.180 e. The molecule has 0 aromatic carbocycles. The van der Waals surface area contributed by atoms with Gasteiger partial charge in [-0.05, 0) is 35.5 Å². The van der Waals surface area contributed by atoms with Gasteiger partial charge in [-0.25, -0.2) is 0 Å². The second-order valence-electron chi connectivity index (χ2n) is 3.26. The van der Waals surface area contributed by atoms with E-state index in [0.717, 1.165) is 0 Å². The lowest BCUT2D eigenvalue weighted by Gasteiger charge is -1.98. The molecule has 0 unspecified atom stereocenters. The van der Waals surface area contributed by atoms with Crippen LogP contribution < -0.4 is 9.55 Å². The van der Waals surface area contributed by atoms with Crippen molar-refractivity contribution < 1.29 is 0 Å². The molecule has 0 atom stereocenters. The third-order valence-electron chi connectivity index (χ3n) is 2.02. The number of thiophene rings is 2. The minimum absolute atomic E-state index is 0.0346. The average Bonchev–Trinajstić information content (AvgIpc) is 2.73. The molecule has 0 saturated carbocycles. The van der Waals surface area contributed by atoms with Crippen LogP contribution in [-0.2, 0) is 0 Å². The van der Waals surface area contributed by atoms with Crippen LogP contribution >= 0.6 is 34.1 Å². The molecule has 0 spiro atoms. The lowest BCUT2D eigenvalue weighted by Crippen LogP contribution is -2.32. The summed E-state index contributed by atoms with van der Waals surface area (Å²) in [4.78, 5) is 2.64. The molecule has 0 aliphatic carbocycles. The van der Waals surface area contributed by atoms with Gasteiger partial charge in [0.25, 0.3) is 0 Å². The molecule has 0 nitrogen and oxygen atoms in total. The summed E-state index contributed by atoms with van der Waals surface area (Å²) in [5, 5.41) is 0. The first-order valence-corrected chi connectivity index (χ1v) is 6.50. The molecule has 4 heteroatoms. The van der Waals surface area contributed by atoms with E-state index in [1.54, 1.807) is 22.7 Å². The third kappa shape index (κ3) is 2.05. The van der Waals surface area contributed by atoms with Crippen LogP contribution in [0, 0.1) is 13.8 Å². The summed E-state index contributed by atoms with van der Waals surface area (Å²) in [5.74, 6) is 0. The van der Waals surface area contributed by atoms with Gasteiger partial charge in [0.15, 0.2) is 0 Å². The molecule has 0 fully saturated rings. The summed E-state index contributed by atoms with van der Waals surface area (Å²) >= 11 is 9.93. The predicted molar refractivity (Wildman–Crippen MR) is 69.0 cm³/mol. The number of hydrogen-bond acceptors (Lipinski definition) is 2. The van der Waals surface area contributed by atoms with Gasteiger partial charge in [-0.3, -0.25) is 0 Å². The van der Waals surface area contributed by atoms with E-state index in [0.29, 0.717) is 0 Å². The van der Waals surface area contributed by atoms with Gasteiger partial charge in [0.1, 0.15) is 0 Å². The lowest BCUT2D eigenvalue weighted by molar-refractivity contribution is 1.64. The minimum atomic E-state index is 0.0346. The number of aryl methyl sites for hydroxylation is 2. The van der Waals surface area contributed by atoms with Crippen molar-refractivity contribution in [2.45, 2.75) is 13.8 Å². The Labute approximate surface area is 97.5 Å². The molecule has 0 radical (unpaired) electrons. The molecule has 2 rings (SSSR count). The van der Waals surface area contributed by atoms with E-state index in [9.17, 15) is 0 Å². The highest BCUT2D eigenvalue weighted by Gasteiger charge is 2.19. The standard InChI is InChI=1S/C10H10BClS2/c1-7-3-5-9(13-7)11(12)10-6-4-8(2)14-10/h3-6H,1-2H3. The largest absolute Gasteiger partial charge is 0.335 e. The molecular weight excluding hydrogens is 231 g/mol. The number of halogens is 1. The smallest absolute Gasteiger partial charge is 0.180 e. The molecule has 2 aromatic heterocycles. The van der Waals surface area contributed by atoms with Gasteiger partial charge in [0.05, 0.1) is 0 Å². The van der Waals surface area contributed by atoms with Gasteiger partial charge < -0.3 is 0 Å². The lowest BCUT2D eigenvalue weighted by atomic mass is 9.73. The molecule has 0 saturated heterocycles. The zero-order valence-electron chi connectivity index (χ0n) is 8.08. The summed E-state index contributed by atoms with van der Waals surface area (Å²) in [5.41, 5.74) is 0. The molecular formula is C10H10BClS2. The van der Waals surface area contributed by atoms with Crippen molar-refractivity contribution in [3.8, 4) is 0 Å². The van der Waals surface area contributed by atoms with Crippen LogP contribution in [-0.4, -0.2) is 6.13 Å².